The van der Waals surface area contributed by atoms with Gasteiger partial charge in [0.15, 0.2) is 11.5 Å². The van der Waals surface area contributed by atoms with Crippen molar-refractivity contribution >= 4 is 13.9 Å². The minimum absolute atomic E-state index is 0.279. The highest BCUT2D eigenvalue weighted by atomic mass is 31.2. The Labute approximate surface area is 120 Å². The molecule has 0 aliphatic heterocycles. The quantitative estimate of drug-likeness (QED) is 0.593. The molecular weight excluding hydrogens is 305 g/mol. The van der Waals surface area contributed by atoms with Crippen molar-refractivity contribution in [3.63, 3.8) is 0 Å². The van der Waals surface area contributed by atoms with Crippen LogP contribution in [0.1, 0.15) is 0 Å². The van der Waals surface area contributed by atoms with Crippen LogP contribution in [0.3, 0.4) is 0 Å². The normalized spacial score (nSPS) is 12.5. The summed E-state index contributed by atoms with van der Waals surface area (Å²) in [6.07, 6.45) is -2.28. The molecule has 1 aromatic rings. The molecule has 0 radical (unpaired) electrons. The minimum Gasteiger partial charge on any atom is -0.493 e. The van der Waals surface area contributed by atoms with E-state index in [1.54, 1.807) is 24.3 Å². The smallest absolute Gasteiger partial charge is 0.470 e. The monoisotopic (exact) mass is 321 g/mol. The SMILES string of the molecule is COc1ccccc1OCC(COC(N)=O)OP(=O)(O)O. The number of methoxy groups -OCH3 is 1. The van der Waals surface area contributed by atoms with Crippen LogP contribution in [0.2, 0.25) is 0 Å². The highest BCUT2D eigenvalue weighted by Crippen LogP contribution is 2.38. The van der Waals surface area contributed by atoms with Gasteiger partial charge < -0.3 is 29.7 Å². The first kappa shape index (κ1) is 17.3. The number of para-hydroxylation sites is 2. The number of hydrogen-bond acceptors (Lipinski definition) is 6. The van der Waals surface area contributed by atoms with Crippen molar-refractivity contribution in [3.8, 4) is 11.5 Å². The maximum Gasteiger partial charge on any atom is 0.470 e. The average Bonchev–Trinajstić information content (AvgIpc) is 2.40. The van der Waals surface area contributed by atoms with Crippen LogP contribution in [0, 0.1) is 0 Å². The lowest BCUT2D eigenvalue weighted by Crippen LogP contribution is -2.29. The number of nitrogens with two attached hydrogens (primary N) is 1. The first-order valence-corrected chi connectivity index (χ1v) is 7.27. The van der Waals surface area contributed by atoms with Crippen LogP contribution >= 0.6 is 7.82 Å². The summed E-state index contributed by atoms with van der Waals surface area (Å²) >= 11 is 0. The summed E-state index contributed by atoms with van der Waals surface area (Å²) in [7, 11) is -3.32. The van der Waals surface area contributed by atoms with Crippen LogP contribution in [-0.4, -0.2) is 42.3 Å². The van der Waals surface area contributed by atoms with Gasteiger partial charge in [-0.1, -0.05) is 12.1 Å². The zero-order chi connectivity index (χ0) is 15.9. The topological polar surface area (TPSA) is 138 Å². The minimum atomic E-state index is -4.77. The van der Waals surface area contributed by atoms with Gasteiger partial charge >= 0.3 is 13.9 Å². The van der Waals surface area contributed by atoms with Crippen molar-refractivity contribution in [2.75, 3.05) is 20.3 Å². The molecule has 0 aromatic heterocycles. The van der Waals surface area contributed by atoms with Gasteiger partial charge in [-0.3, -0.25) is 4.52 Å². The molecule has 0 heterocycles. The highest BCUT2D eigenvalue weighted by molar-refractivity contribution is 7.46. The number of hydrogen-bond donors (Lipinski definition) is 3. The second-order valence-electron chi connectivity index (χ2n) is 3.81. The van der Waals surface area contributed by atoms with E-state index in [0.29, 0.717) is 11.5 Å². The molecule has 10 heteroatoms. The molecule has 1 amide bonds. The van der Waals surface area contributed by atoms with E-state index in [-0.39, 0.29) is 6.61 Å². The van der Waals surface area contributed by atoms with Crippen LogP contribution in [-0.2, 0) is 13.8 Å². The molecule has 1 aromatic carbocycles. The fraction of sp³-hybridized carbons (Fsp3) is 0.364. The van der Waals surface area contributed by atoms with Gasteiger partial charge in [0.1, 0.15) is 19.3 Å². The molecule has 0 aliphatic carbocycles. The molecule has 0 bridgehead atoms. The molecule has 1 atom stereocenters. The lowest BCUT2D eigenvalue weighted by atomic mass is 10.3. The van der Waals surface area contributed by atoms with E-state index in [0.717, 1.165) is 0 Å². The van der Waals surface area contributed by atoms with Crippen molar-refractivity contribution < 1.29 is 37.9 Å². The number of rotatable bonds is 8. The Morgan fingerprint density at radius 3 is 2.43 bits per heavy atom. The number of primary amides is 1. The van der Waals surface area contributed by atoms with E-state index >= 15 is 0 Å². The summed E-state index contributed by atoms with van der Waals surface area (Å²) in [4.78, 5) is 28.1. The number of carbonyl (C=O) groups is 1. The summed E-state index contributed by atoms with van der Waals surface area (Å²) in [6.45, 7) is -0.742. The van der Waals surface area contributed by atoms with Gasteiger partial charge in [-0.15, -0.1) is 0 Å². The third kappa shape index (κ3) is 6.96. The van der Waals surface area contributed by atoms with Crippen molar-refractivity contribution in [1.82, 2.24) is 0 Å². The first-order chi connectivity index (χ1) is 9.81. The van der Waals surface area contributed by atoms with Gasteiger partial charge in [-0.25, -0.2) is 9.36 Å². The van der Waals surface area contributed by atoms with Crippen molar-refractivity contribution in [3.05, 3.63) is 24.3 Å². The van der Waals surface area contributed by atoms with Crippen molar-refractivity contribution in [1.29, 1.82) is 0 Å². The predicted octanol–water partition coefficient (Wildman–Crippen LogP) is 0.647. The second kappa shape index (κ2) is 7.84. The van der Waals surface area contributed by atoms with E-state index in [4.69, 9.17) is 25.0 Å². The summed E-state index contributed by atoms with van der Waals surface area (Å²) in [6, 6.07) is 6.67. The molecule has 1 rings (SSSR count). The van der Waals surface area contributed by atoms with Crippen LogP contribution in [0.25, 0.3) is 0 Å². The summed E-state index contributed by atoms with van der Waals surface area (Å²) in [5, 5.41) is 0. The Morgan fingerprint density at radius 1 is 1.29 bits per heavy atom. The van der Waals surface area contributed by atoms with Gasteiger partial charge in [-0.2, -0.15) is 0 Å². The second-order valence-corrected chi connectivity index (χ2v) is 5.00. The Morgan fingerprint density at radius 2 is 1.90 bits per heavy atom. The number of ether oxygens (including phenoxy) is 3. The van der Waals surface area contributed by atoms with Crippen molar-refractivity contribution in [2.45, 2.75) is 6.10 Å². The van der Waals surface area contributed by atoms with Crippen LogP contribution in [0.5, 0.6) is 11.5 Å². The lowest BCUT2D eigenvalue weighted by Gasteiger charge is -2.19. The lowest BCUT2D eigenvalue weighted by molar-refractivity contribution is 0.0363. The van der Waals surface area contributed by atoms with Gasteiger partial charge in [0.05, 0.1) is 7.11 Å². The summed E-state index contributed by atoms with van der Waals surface area (Å²) < 4.78 is 30.1. The fourth-order valence-electron chi connectivity index (χ4n) is 1.40. The third-order valence-corrected chi connectivity index (χ3v) is 2.76. The largest absolute Gasteiger partial charge is 0.493 e. The maximum atomic E-state index is 10.8. The molecule has 4 N–H and O–H groups in total. The molecule has 1 unspecified atom stereocenters. The number of phosphoric acid groups is 1. The Hall–Kier alpha value is -1.80. The number of amides is 1. The standard InChI is InChI=1S/C11H16NO8P/c1-17-9-4-2-3-5-10(9)18-6-8(7-19-11(12)13)20-21(14,15)16/h2-5,8H,6-7H2,1H3,(H2,12,13)(H2,14,15,16). The molecule has 0 aliphatic rings. The number of benzene rings is 1. The number of phosphoric ester groups is 1. The van der Waals surface area contributed by atoms with E-state index in [2.05, 4.69) is 9.26 Å². The number of carbonyl (C=O) groups excluding carboxylic acids is 1. The maximum absolute atomic E-state index is 10.8. The molecular formula is C11H16NO8P. The van der Waals surface area contributed by atoms with Crippen LogP contribution in [0.4, 0.5) is 4.79 Å². The van der Waals surface area contributed by atoms with Gasteiger partial charge in [-0.05, 0) is 12.1 Å². The van der Waals surface area contributed by atoms with Gasteiger partial charge in [0.2, 0.25) is 0 Å². The van der Waals surface area contributed by atoms with Crippen LogP contribution < -0.4 is 15.2 Å². The van der Waals surface area contributed by atoms with E-state index in [9.17, 15) is 9.36 Å². The van der Waals surface area contributed by atoms with Gasteiger partial charge in [0, 0.05) is 0 Å². The molecule has 0 spiro atoms. The summed E-state index contributed by atoms with van der Waals surface area (Å²) in [5.74, 6) is 0.779. The molecule has 0 fully saturated rings. The van der Waals surface area contributed by atoms with E-state index in [1.165, 1.54) is 7.11 Å². The Bertz CT molecular complexity index is 517. The highest BCUT2D eigenvalue weighted by Gasteiger charge is 2.24. The molecule has 21 heavy (non-hydrogen) atoms. The van der Waals surface area contributed by atoms with E-state index < -0.39 is 26.6 Å². The molecule has 0 saturated heterocycles. The average molecular weight is 321 g/mol. The predicted molar refractivity (Wildman–Crippen MR) is 70.9 cm³/mol. The van der Waals surface area contributed by atoms with Gasteiger partial charge in [0.25, 0.3) is 0 Å². The fourth-order valence-corrected chi connectivity index (χ4v) is 1.91. The zero-order valence-electron chi connectivity index (χ0n) is 11.2. The van der Waals surface area contributed by atoms with Crippen molar-refractivity contribution in [2.24, 2.45) is 5.73 Å². The first-order valence-electron chi connectivity index (χ1n) is 5.74. The Kier molecular flexibility index (Phi) is 6.44. The molecule has 118 valence electrons. The molecule has 9 nitrogen and oxygen atoms in total. The Balaban J connectivity index is 2.67. The zero-order valence-corrected chi connectivity index (χ0v) is 12.1. The molecule has 0 saturated carbocycles. The van der Waals surface area contributed by atoms with Crippen LogP contribution in [0.15, 0.2) is 24.3 Å². The summed E-state index contributed by atoms with van der Waals surface area (Å²) in [5.41, 5.74) is 4.79. The third-order valence-electron chi connectivity index (χ3n) is 2.19. The van der Waals surface area contributed by atoms with E-state index in [1.807, 2.05) is 0 Å².